The van der Waals surface area contributed by atoms with E-state index in [1.807, 2.05) is 13.8 Å². The van der Waals surface area contributed by atoms with Crippen molar-refractivity contribution in [2.75, 3.05) is 7.11 Å². The highest BCUT2D eigenvalue weighted by Crippen LogP contribution is 1.91. The lowest BCUT2D eigenvalue weighted by molar-refractivity contribution is 0.399. The maximum atomic E-state index is 11.9. The number of aliphatic hydroxyl groups is 1. The number of hydrogen-bond donors (Lipinski definition) is 1. The van der Waals surface area contributed by atoms with Gasteiger partial charge < -0.3 is 5.11 Å². The van der Waals surface area contributed by atoms with E-state index >= 15 is 0 Å². The zero-order valence-corrected chi connectivity index (χ0v) is 7.21. The van der Waals surface area contributed by atoms with E-state index in [4.69, 9.17) is 5.11 Å². The van der Waals surface area contributed by atoms with E-state index in [-0.39, 0.29) is 5.82 Å². The van der Waals surface area contributed by atoms with E-state index in [9.17, 15) is 4.39 Å². The third kappa shape index (κ3) is 9.11. The van der Waals surface area contributed by atoms with Gasteiger partial charge in [0.05, 0.1) is 0 Å². The first kappa shape index (κ1) is 12.8. The molecule has 0 heterocycles. The lowest BCUT2D eigenvalue weighted by Crippen LogP contribution is -1.63. The van der Waals surface area contributed by atoms with Crippen molar-refractivity contribution >= 4 is 0 Å². The van der Waals surface area contributed by atoms with Crippen molar-refractivity contribution in [2.45, 2.75) is 13.8 Å². The molecule has 0 saturated carbocycles. The van der Waals surface area contributed by atoms with E-state index in [2.05, 4.69) is 0 Å². The predicted molar refractivity (Wildman–Crippen MR) is 45.9 cm³/mol. The van der Waals surface area contributed by atoms with Crippen LogP contribution in [0, 0.1) is 5.82 Å². The molecule has 2 heteroatoms. The third-order valence-corrected chi connectivity index (χ3v) is 0.733. The lowest BCUT2D eigenvalue weighted by Gasteiger charge is -1.78. The Labute approximate surface area is 67.5 Å². The molecule has 11 heavy (non-hydrogen) atoms. The number of halogens is 1. The molecule has 1 aromatic rings. The van der Waals surface area contributed by atoms with Crippen LogP contribution in [-0.4, -0.2) is 12.2 Å². The van der Waals surface area contributed by atoms with Crippen LogP contribution in [0.5, 0.6) is 0 Å². The van der Waals surface area contributed by atoms with Crippen LogP contribution in [0.25, 0.3) is 0 Å². The van der Waals surface area contributed by atoms with E-state index in [1.165, 1.54) is 12.1 Å². The Morgan fingerprint density at radius 2 is 1.36 bits per heavy atom. The molecule has 0 aliphatic carbocycles. The second-order valence-corrected chi connectivity index (χ2v) is 1.30. The smallest absolute Gasteiger partial charge is 0.123 e. The van der Waals surface area contributed by atoms with Crippen molar-refractivity contribution in [2.24, 2.45) is 0 Å². The summed E-state index contributed by atoms with van der Waals surface area (Å²) in [6, 6.07) is 7.94. The van der Waals surface area contributed by atoms with Gasteiger partial charge in [-0.05, 0) is 12.1 Å². The van der Waals surface area contributed by atoms with Crippen molar-refractivity contribution < 1.29 is 9.50 Å². The Hall–Kier alpha value is -0.890. The van der Waals surface area contributed by atoms with Gasteiger partial charge >= 0.3 is 0 Å². The molecule has 0 aromatic heterocycles. The van der Waals surface area contributed by atoms with E-state index in [0.29, 0.717) is 0 Å². The van der Waals surface area contributed by atoms with E-state index in [1.54, 1.807) is 18.2 Å². The first-order valence-corrected chi connectivity index (χ1v) is 3.55. The molecule has 0 saturated heterocycles. The second kappa shape index (κ2) is 11.9. The summed E-state index contributed by atoms with van der Waals surface area (Å²) in [5, 5.41) is 7.00. The summed E-state index contributed by atoms with van der Waals surface area (Å²) in [5.41, 5.74) is 0. The molecule has 1 nitrogen and oxygen atoms in total. The minimum atomic E-state index is -0.178. The van der Waals surface area contributed by atoms with Gasteiger partial charge in [0.25, 0.3) is 0 Å². The Bertz CT molecular complexity index is 139. The van der Waals surface area contributed by atoms with Crippen molar-refractivity contribution in [1.29, 1.82) is 0 Å². The molecule has 0 aliphatic heterocycles. The van der Waals surface area contributed by atoms with Crippen LogP contribution in [0.2, 0.25) is 0 Å². The molecule has 0 aliphatic rings. The maximum Gasteiger partial charge on any atom is 0.123 e. The Kier molecular flexibility index (Phi) is 13.7. The van der Waals surface area contributed by atoms with Gasteiger partial charge in [-0.15, -0.1) is 0 Å². The zero-order chi connectivity index (χ0) is 9.11. The van der Waals surface area contributed by atoms with Gasteiger partial charge in [0.15, 0.2) is 0 Å². The summed E-state index contributed by atoms with van der Waals surface area (Å²) in [4.78, 5) is 0. The predicted octanol–water partition coefficient (Wildman–Crippen LogP) is 2.46. The Morgan fingerprint density at radius 3 is 1.55 bits per heavy atom. The molecular weight excluding hydrogens is 143 g/mol. The summed E-state index contributed by atoms with van der Waals surface area (Å²) < 4.78 is 11.9. The fraction of sp³-hybridized carbons (Fsp3) is 0.333. The normalized spacial score (nSPS) is 6.64. The van der Waals surface area contributed by atoms with Gasteiger partial charge in [-0.25, -0.2) is 4.39 Å². The molecule has 0 bridgehead atoms. The van der Waals surface area contributed by atoms with Gasteiger partial charge in [0.2, 0.25) is 0 Å². The van der Waals surface area contributed by atoms with Crippen LogP contribution in [0.15, 0.2) is 30.3 Å². The first-order chi connectivity index (χ1) is 5.39. The second-order valence-electron chi connectivity index (χ2n) is 1.30. The average Bonchev–Trinajstić information content (AvgIpc) is 2.13. The highest BCUT2D eigenvalue weighted by atomic mass is 19.1. The first-order valence-electron chi connectivity index (χ1n) is 3.55. The lowest BCUT2D eigenvalue weighted by atomic mass is 10.4. The minimum absolute atomic E-state index is 0.178. The van der Waals surface area contributed by atoms with Crippen LogP contribution in [-0.2, 0) is 0 Å². The molecule has 0 radical (unpaired) electrons. The molecule has 0 fully saturated rings. The summed E-state index contributed by atoms with van der Waals surface area (Å²) in [7, 11) is 1.00. The number of hydrogen-bond acceptors (Lipinski definition) is 1. The summed E-state index contributed by atoms with van der Waals surface area (Å²) in [6.45, 7) is 4.00. The summed E-state index contributed by atoms with van der Waals surface area (Å²) in [6.07, 6.45) is 0. The molecule has 1 aromatic carbocycles. The van der Waals surface area contributed by atoms with Crippen LogP contribution in [0.4, 0.5) is 4.39 Å². The molecule has 0 amide bonds. The topological polar surface area (TPSA) is 20.2 Å². The van der Waals surface area contributed by atoms with Gasteiger partial charge in [0.1, 0.15) is 5.82 Å². The van der Waals surface area contributed by atoms with Gasteiger partial charge in [-0.2, -0.15) is 0 Å². The minimum Gasteiger partial charge on any atom is -0.400 e. The molecule has 0 spiro atoms. The molecule has 0 unspecified atom stereocenters. The SMILES string of the molecule is CC.CO.Fc1ccccc1. The van der Waals surface area contributed by atoms with Gasteiger partial charge in [-0.3, -0.25) is 0 Å². The highest BCUT2D eigenvalue weighted by Gasteiger charge is 1.77. The Balaban J connectivity index is 0. The van der Waals surface area contributed by atoms with Crippen molar-refractivity contribution in [1.82, 2.24) is 0 Å². The fourth-order valence-corrected chi connectivity index (χ4v) is 0.415. The molecule has 64 valence electrons. The maximum absolute atomic E-state index is 11.9. The van der Waals surface area contributed by atoms with E-state index in [0.717, 1.165) is 7.11 Å². The molecule has 0 atom stereocenters. The summed E-state index contributed by atoms with van der Waals surface area (Å²) in [5.74, 6) is -0.178. The van der Waals surface area contributed by atoms with Crippen molar-refractivity contribution in [3.63, 3.8) is 0 Å². The largest absolute Gasteiger partial charge is 0.400 e. The van der Waals surface area contributed by atoms with Crippen LogP contribution in [0.3, 0.4) is 0 Å². The van der Waals surface area contributed by atoms with Crippen LogP contribution < -0.4 is 0 Å². The van der Waals surface area contributed by atoms with Crippen molar-refractivity contribution in [3.05, 3.63) is 36.1 Å². The third-order valence-electron chi connectivity index (χ3n) is 0.733. The van der Waals surface area contributed by atoms with Crippen molar-refractivity contribution in [3.8, 4) is 0 Å². The van der Waals surface area contributed by atoms with Crippen LogP contribution >= 0.6 is 0 Å². The van der Waals surface area contributed by atoms with Gasteiger partial charge in [0, 0.05) is 7.11 Å². The molecule has 1 rings (SSSR count). The average molecular weight is 158 g/mol. The Morgan fingerprint density at radius 1 is 1.00 bits per heavy atom. The fourth-order valence-electron chi connectivity index (χ4n) is 0.415. The van der Waals surface area contributed by atoms with Crippen LogP contribution in [0.1, 0.15) is 13.8 Å². The number of rotatable bonds is 0. The standard InChI is InChI=1S/C6H5F.C2H6.CH4O/c7-6-4-2-1-3-5-6;2*1-2/h1-5H;1-2H3;2H,1H3. The number of aliphatic hydroxyl groups excluding tert-OH is 1. The molecule has 1 N–H and O–H groups in total. The number of benzene rings is 1. The van der Waals surface area contributed by atoms with Gasteiger partial charge in [-0.1, -0.05) is 32.0 Å². The summed E-state index contributed by atoms with van der Waals surface area (Å²) >= 11 is 0. The monoisotopic (exact) mass is 158 g/mol. The quantitative estimate of drug-likeness (QED) is 0.615. The highest BCUT2D eigenvalue weighted by molar-refractivity contribution is 5.02. The zero-order valence-electron chi connectivity index (χ0n) is 7.21. The van der Waals surface area contributed by atoms with E-state index < -0.39 is 0 Å². The molecular formula is C9H15FO.